The zero-order valence-electron chi connectivity index (χ0n) is 39.5. The molecule has 4 aromatic heterocycles. The van der Waals surface area contributed by atoms with Crippen molar-refractivity contribution in [2.24, 2.45) is 21.1 Å². The number of halogens is 2. The van der Waals surface area contributed by atoms with Gasteiger partial charge in [-0.2, -0.15) is 20.4 Å². The molecule has 0 radical (unpaired) electrons. The Hall–Kier alpha value is -6.32. The van der Waals surface area contributed by atoms with E-state index in [4.69, 9.17) is 10.2 Å². The van der Waals surface area contributed by atoms with Crippen molar-refractivity contribution in [3.63, 3.8) is 0 Å². The highest BCUT2D eigenvalue weighted by atomic mass is 19.3. The third kappa shape index (κ3) is 8.54. The maximum Gasteiger partial charge on any atom is 0.264 e. The summed E-state index contributed by atoms with van der Waals surface area (Å²) in [4.78, 5) is 32.2. The van der Waals surface area contributed by atoms with Gasteiger partial charge in [0.05, 0.1) is 25.5 Å². The molecule has 14 nitrogen and oxygen atoms in total. The van der Waals surface area contributed by atoms with Crippen molar-refractivity contribution in [3.05, 3.63) is 93.8 Å². The van der Waals surface area contributed by atoms with Crippen molar-refractivity contribution in [1.82, 2.24) is 48.9 Å². The lowest BCUT2D eigenvalue weighted by molar-refractivity contribution is -0.130. The molecule has 0 saturated heterocycles. The number of aromatic nitrogens is 8. The smallest absolute Gasteiger partial charge is 0.264 e. The molecule has 4 aliphatic rings. The predicted molar refractivity (Wildman–Crippen MR) is 250 cm³/mol. The number of nitrogens with zero attached hydrogens (tertiary/aromatic N) is 12. The van der Waals surface area contributed by atoms with Crippen LogP contribution in [0.15, 0.2) is 49.1 Å². The van der Waals surface area contributed by atoms with E-state index in [0.29, 0.717) is 37.3 Å². The van der Waals surface area contributed by atoms with Gasteiger partial charge in [0.2, 0.25) is 11.8 Å². The average Bonchev–Trinajstić information content (AvgIpc) is 4.14. The summed E-state index contributed by atoms with van der Waals surface area (Å²) in [6, 6.07) is 8.28. The summed E-state index contributed by atoms with van der Waals surface area (Å²) in [6.45, 7) is 17.8. The first-order valence-electron chi connectivity index (χ1n) is 22.9. The third-order valence-corrected chi connectivity index (χ3v) is 13.1. The predicted octanol–water partition coefficient (Wildman–Crippen LogP) is 8.55. The number of carbonyl (C=O) groups excluding carboxylic acids is 2. The fourth-order valence-corrected chi connectivity index (χ4v) is 9.89. The van der Waals surface area contributed by atoms with Gasteiger partial charge in [0.1, 0.15) is 0 Å². The molecule has 0 aliphatic carbocycles. The van der Waals surface area contributed by atoms with E-state index in [-0.39, 0.29) is 23.4 Å². The summed E-state index contributed by atoms with van der Waals surface area (Å²) in [6.07, 6.45) is 9.27. The summed E-state index contributed by atoms with van der Waals surface area (Å²) in [5.74, 6) is 1.95. The molecule has 10 rings (SSSR count). The van der Waals surface area contributed by atoms with Crippen LogP contribution in [-0.4, -0.2) is 86.9 Å². The van der Waals surface area contributed by atoms with Crippen LogP contribution < -0.4 is 9.80 Å². The molecule has 6 aromatic rings. The summed E-state index contributed by atoms with van der Waals surface area (Å²) < 4.78 is 35.8. The van der Waals surface area contributed by atoms with Crippen LogP contribution in [0.25, 0.3) is 22.3 Å². The highest BCUT2D eigenvalue weighted by molar-refractivity contribution is 5.80. The van der Waals surface area contributed by atoms with Gasteiger partial charge >= 0.3 is 0 Å². The topological polar surface area (TPSA) is 118 Å². The highest BCUT2D eigenvalue weighted by Crippen LogP contribution is 2.44. The molecule has 0 bridgehead atoms. The Labute approximate surface area is 380 Å². The van der Waals surface area contributed by atoms with Gasteiger partial charge in [-0.3, -0.25) is 28.3 Å². The first-order chi connectivity index (χ1) is 31.2. The van der Waals surface area contributed by atoms with Gasteiger partial charge in [-0.15, -0.1) is 0 Å². The highest BCUT2D eigenvalue weighted by Gasteiger charge is 2.34. The molecule has 0 unspecified atom stereocenters. The van der Waals surface area contributed by atoms with Crippen LogP contribution in [-0.2, 0) is 69.5 Å². The summed E-state index contributed by atoms with van der Waals surface area (Å²) >= 11 is 0. The number of alkyl halides is 2. The van der Waals surface area contributed by atoms with Crippen molar-refractivity contribution in [1.29, 1.82) is 0 Å². The lowest BCUT2D eigenvalue weighted by atomic mass is 9.93. The fraction of sp³-hybridized carbons (Fsp3) is 0.469. The Bertz CT molecular complexity index is 2740. The number of aryl methyl sites for hydroxylation is 5. The Morgan fingerprint density at radius 1 is 0.662 bits per heavy atom. The molecule has 0 fully saturated rings. The van der Waals surface area contributed by atoms with Crippen LogP contribution in [0.5, 0.6) is 0 Å². The van der Waals surface area contributed by atoms with E-state index < -0.39 is 6.43 Å². The molecule has 4 aliphatic heterocycles. The van der Waals surface area contributed by atoms with Gasteiger partial charge in [0.15, 0.2) is 11.6 Å². The van der Waals surface area contributed by atoms with Crippen LogP contribution in [0.2, 0.25) is 0 Å². The number of benzene rings is 2. The maximum atomic E-state index is 14.1. The molecule has 2 aromatic carbocycles. The van der Waals surface area contributed by atoms with Crippen molar-refractivity contribution >= 4 is 34.8 Å². The SMILES string of the molecule is CC.CC(=O)N1CCc2c(c(N3CCCc4cc(-c5cnn(C)c5)c(C)cc43)nn2C)C1.CC(=O)N1CCc2c(c(N3CCc4cc(-c5cnn(C)c5)c(C(F)F)cc43)nn2C(C)C)C1. The lowest BCUT2D eigenvalue weighted by Crippen LogP contribution is -2.35. The van der Waals surface area contributed by atoms with E-state index in [1.54, 1.807) is 44.0 Å². The second-order valence-electron chi connectivity index (χ2n) is 17.7. The maximum absolute atomic E-state index is 14.1. The number of hydrogen-bond acceptors (Lipinski definition) is 8. The van der Waals surface area contributed by atoms with Crippen LogP contribution in [0.3, 0.4) is 0 Å². The minimum absolute atomic E-state index is 0.00354. The molecule has 344 valence electrons. The molecule has 2 amide bonds. The normalized spacial score (nSPS) is 15.3. The molecule has 0 spiro atoms. The van der Waals surface area contributed by atoms with Gasteiger partial charge < -0.3 is 19.6 Å². The van der Waals surface area contributed by atoms with E-state index in [1.165, 1.54) is 33.6 Å². The van der Waals surface area contributed by atoms with Crippen molar-refractivity contribution < 1.29 is 18.4 Å². The Balaban J connectivity index is 0.000000171. The quantitative estimate of drug-likeness (QED) is 0.163. The van der Waals surface area contributed by atoms with Gasteiger partial charge in [0.25, 0.3) is 6.43 Å². The molecule has 0 saturated carbocycles. The van der Waals surface area contributed by atoms with Crippen LogP contribution in [0.1, 0.15) is 105 Å². The zero-order valence-corrected chi connectivity index (χ0v) is 39.5. The number of carbonyl (C=O) groups is 2. The zero-order chi connectivity index (χ0) is 46.4. The standard InChI is InChI=1S/C24H28F2N6O.C23H28N6O.C2H6/c1-14(2)32-21-6-7-30(15(3)33)13-20(21)24(28-32)31-8-5-16-9-18(17-11-27-29(4)12-17)19(23(25)26)10-22(16)31;1-15-10-22-17(11-19(15)18-12-24-26(3)13-18)6-5-8-29(22)23-20-14-28(16(2)30)9-7-21(20)27(4)25-23;1-2/h9-12,14,23H,5-8,13H2,1-4H3;10-13H,5-9,14H2,1-4H3;1-2H3. The van der Waals surface area contributed by atoms with E-state index in [1.807, 2.05) is 64.1 Å². The van der Waals surface area contributed by atoms with Crippen molar-refractivity contribution in [2.45, 2.75) is 106 Å². The largest absolute Gasteiger partial charge is 0.338 e. The van der Waals surface area contributed by atoms with Gasteiger partial charge in [-0.1, -0.05) is 13.8 Å². The van der Waals surface area contributed by atoms with Gasteiger partial charge in [-0.25, -0.2) is 8.78 Å². The second-order valence-corrected chi connectivity index (χ2v) is 17.7. The number of anilines is 4. The molecule has 8 heterocycles. The van der Waals surface area contributed by atoms with Gasteiger partial charge in [-0.05, 0) is 92.1 Å². The van der Waals surface area contributed by atoms with Crippen LogP contribution in [0.4, 0.5) is 31.8 Å². The third-order valence-electron chi connectivity index (χ3n) is 13.1. The molecule has 0 atom stereocenters. The average molecular weight is 889 g/mol. The Morgan fingerprint density at radius 3 is 1.78 bits per heavy atom. The Morgan fingerprint density at radius 2 is 1.20 bits per heavy atom. The van der Waals surface area contributed by atoms with Crippen LogP contribution in [0, 0.1) is 6.92 Å². The second kappa shape index (κ2) is 18.3. The Kier molecular flexibility index (Phi) is 12.7. The van der Waals surface area contributed by atoms with E-state index in [2.05, 4.69) is 59.1 Å². The van der Waals surface area contributed by atoms with Crippen LogP contribution >= 0.6 is 0 Å². The number of fused-ring (bicyclic) bond motifs is 4. The minimum atomic E-state index is -2.61. The van der Waals surface area contributed by atoms with E-state index in [9.17, 15) is 18.4 Å². The molecule has 16 heteroatoms. The summed E-state index contributed by atoms with van der Waals surface area (Å²) in [5.41, 5.74) is 13.8. The summed E-state index contributed by atoms with van der Waals surface area (Å²) in [5, 5.41) is 18.3. The summed E-state index contributed by atoms with van der Waals surface area (Å²) in [7, 11) is 5.75. The minimum Gasteiger partial charge on any atom is -0.338 e. The monoisotopic (exact) mass is 889 g/mol. The van der Waals surface area contributed by atoms with E-state index >= 15 is 0 Å². The first kappa shape index (κ1) is 45.3. The first-order valence-corrected chi connectivity index (χ1v) is 22.9. The molecular weight excluding hydrogens is 827 g/mol. The van der Waals surface area contributed by atoms with Crippen molar-refractivity contribution in [2.75, 3.05) is 36.0 Å². The van der Waals surface area contributed by atoms with E-state index in [0.717, 1.165) is 84.9 Å². The lowest BCUT2D eigenvalue weighted by Gasteiger charge is -2.33. The molecule has 0 N–H and O–H groups in total. The molecular formula is C49H62F2N12O2. The van der Waals surface area contributed by atoms with Gasteiger partial charge in [0, 0.05) is 143 Å². The fourth-order valence-electron chi connectivity index (χ4n) is 9.89. The number of amides is 2. The van der Waals surface area contributed by atoms with Crippen molar-refractivity contribution in [3.8, 4) is 22.3 Å². The number of hydrogen-bond donors (Lipinski definition) is 0. The number of rotatable bonds is 6. The molecule has 65 heavy (non-hydrogen) atoms.